The number of amides is 2. The van der Waals surface area contributed by atoms with Crippen molar-refractivity contribution in [3.63, 3.8) is 0 Å². The second-order valence-electron chi connectivity index (χ2n) is 7.34. The first kappa shape index (κ1) is 21.3. The largest absolute Gasteiger partial charge is 0.354 e. The second-order valence-corrected chi connectivity index (χ2v) is 7.78. The number of hydrogen-bond acceptors (Lipinski definition) is 3. The van der Waals surface area contributed by atoms with Crippen LogP contribution in [0, 0.1) is 0 Å². The van der Waals surface area contributed by atoms with Gasteiger partial charge in [-0.1, -0.05) is 41.9 Å². The molecule has 0 radical (unpaired) electrons. The molecule has 0 aliphatic carbocycles. The SMILES string of the molecule is O=C(CCCNC(=O)c1ccc(Cl)cc1)NCC(c1ccccc1)N1CCCC1. The van der Waals surface area contributed by atoms with Crippen LogP contribution in [0.3, 0.4) is 0 Å². The van der Waals surface area contributed by atoms with Gasteiger partial charge in [-0.05, 0) is 62.2 Å². The number of carbonyl (C=O) groups is 2. The molecule has 3 rings (SSSR count). The van der Waals surface area contributed by atoms with Crippen molar-refractivity contribution < 1.29 is 9.59 Å². The maximum Gasteiger partial charge on any atom is 0.251 e. The van der Waals surface area contributed by atoms with Gasteiger partial charge in [0, 0.05) is 30.1 Å². The minimum Gasteiger partial charge on any atom is -0.354 e. The molecule has 2 aromatic carbocycles. The minimum atomic E-state index is -0.153. The summed E-state index contributed by atoms with van der Waals surface area (Å²) < 4.78 is 0. The first-order valence-corrected chi connectivity index (χ1v) is 10.6. The molecular formula is C23H28ClN3O2. The van der Waals surface area contributed by atoms with Crippen molar-refractivity contribution in [1.82, 2.24) is 15.5 Å². The zero-order valence-electron chi connectivity index (χ0n) is 16.6. The Balaban J connectivity index is 1.40. The van der Waals surface area contributed by atoms with Crippen molar-refractivity contribution in [2.45, 2.75) is 31.7 Å². The molecule has 1 aliphatic heterocycles. The molecule has 0 aromatic heterocycles. The Bertz CT molecular complexity index is 790. The average molecular weight is 414 g/mol. The summed E-state index contributed by atoms with van der Waals surface area (Å²) in [6.45, 7) is 3.22. The molecule has 1 unspecified atom stereocenters. The highest BCUT2D eigenvalue weighted by Gasteiger charge is 2.23. The Morgan fingerprint density at radius 3 is 2.34 bits per heavy atom. The van der Waals surface area contributed by atoms with E-state index in [1.165, 1.54) is 18.4 Å². The topological polar surface area (TPSA) is 61.4 Å². The van der Waals surface area contributed by atoms with E-state index in [1.54, 1.807) is 24.3 Å². The summed E-state index contributed by atoms with van der Waals surface area (Å²) in [7, 11) is 0. The molecule has 1 saturated heterocycles. The van der Waals surface area contributed by atoms with Crippen LogP contribution in [0.5, 0.6) is 0 Å². The molecule has 0 saturated carbocycles. The Morgan fingerprint density at radius 1 is 0.966 bits per heavy atom. The molecule has 0 bridgehead atoms. The van der Waals surface area contributed by atoms with Crippen molar-refractivity contribution in [1.29, 1.82) is 0 Å². The van der Waals surface area contributed by atoms with Crippen LogP contribution in [-0.4, -0.2) is 42.9 Å². The van der Waals surface area contributed by atoms with Crippen LogP contribution in [-0.2, 0) is 4.79 Å². The van der Waals surface area contributed by atoms with Crippen LogP contribution < -0.4 is 10.6 Å². The van der Waals surface area contributed by atoms with Gasteiger partial charge in [0.05, 0.1) is 6.04 Å². The lowest BCUT2D eigenvalue weighted by Crippen LogP contribution is -2.37. The first-order chi connectivity index (χ1) is 14.1. The third-order valence-corrected chi connectivity index (χ3v) is 5.48. The van der Waals surface area contributed by atoms with Crippen molar-refractivity contribution >= 4 is 23.4 Å². The molecule has 29 heavy (non-hydrogen) atoms. The Hall–Kier alpha value is -2.37. The Labute approximate surface area is 177 Å². The Kier molecular flexibility index (Phi) is 8.08. The van der Waals surface area contributed by atoms with Crippen LogP contribution in [0.2, 0.25) is 5.02 Å². The average Bonchev–Trinajstić information content (AvgIpc) is 3.27. The quantitative estimate of drug-likeness (QED) is 0.614. The number of hydrogen-bond donors (Lipinski definition) is 2. The fourth-order valence-corrected chi connectivity index (χ4v) is 3.77. The van der Waals surface area contributed by atoms with E-state index in [1.807, 2.05) is 18.2 Å². The normalized spacial score (nSPS) is 15.1. The van der Waals surface area contributed by atoms with E-state index in [9.17, 15) is 9.59 Å². The number of halogens is 1. The third-order valence-electron chi connectivity index (χ3n) is 5.23. The van der Waals surface area contributed by atoms with Gasteiger partial charge < -0.3 is 10.6 Å². The van der Waals surface area contributed by atoms with E-state index in [0.29, 0.717) is 36.5 Å². The van der Waals surface area contributed by atoms with Gasteiger partial charge >= 0.3 is 0 Å². The molecule has 1 heterocycles. The van der Waals surface area contributed by atoms with Gasteiger partial charge in [0.15, 0.2) is 0 Å². The standard InChI is InChI=1S/C23H28ClN3O2/c24-20-12-10-19(11-13-20)23(29)25-14-6-9-22(28)26-17-21(27-15-4-5-16-27)18-7-2-1-3-8-18/h1-3,7-8,10-13,21H,4-6,9,14-17H2,(H,25,29)(H,26,28). The Morgan fingerprint density at radius 2 is 1.66 bits per heavy atom. The van der Waals surface area contributed by atoms with Crippen molar-refractivity contribution in [2.24, 2.45) is 0 Å². The predicted molar refractivity (Wildman–Crippen MR) is 116 cm³/mol. The van der Waals surface area contributed by atoms with E-state index in [2.05, 4.69) is 27.7 Å². The molecule has 154 valence electrons. The van der Waals surface area contributed by atoms with Crippen LogP contribution in [0.4, 0.5) is 0 Å². The van der Waals surface area contributed by atoms with Crippen LogP contribution >= 0.6 is 11.6 Å². The van der Waals surface area contributed by atoms with E-state index in [0.717, 1.165) is 13.1 Å². The number of rotatable bonds is 9. The molecule has 2 aromatic rings. The smallest absolute Gasteiger partial charge is 0.251 e. The minimum absolute atomic E-state index is 0.0193. The van der Waals surface area contributed by atoms with Crippen LogP contribution in [0.15, 0.2) is 54.6 Å². The van der Waals surface area contributed by atoms with E-state index >= 15 is 0 Å². The number of carbonyl (C=O) groups excluding carboxylic acids is 2. The lowest BCUT2D eigenvalue weighted by atomic mass is 10.1. The monoisotopic (exact) mass is 413 g/mol. The molecule has 1 atom stereocenters. The van der Waals surface area contributed by atoms with Crippen LogP contribution in [0.25, 0.3) is 0 Å². The highest BCUT2D eigenvalue weighted by molar-refractivity contribution is 6.30. The van der Waals surface area contributed by atoms with Gasteiger partial charge in [-0.15, -0.1) is 0 Å². The number of likely N-dealkylation sites (tertiary alicyclic amines) is 1. The zero-order chi connectivity index (χ0) is 20.5. The lowest BCUT2D eigenvalue weighted by Gasteiger charge is -2.28. The van der Waals surface area contributed by atoms with Crippen molar-refractivity contribution in [3.05, 3.63) is 70.7 Å². The summed E-state index contributed by atoms with van der Waals surface area (Å²) in [5.74, 6) is -0.133. The molecular weight excluding hydrogens is 386 g/mol. The lowest BCUT2D eigenvalue weighted by molar-refractivity contribution is -0.121. The van der Waals surface area contributed by atoms with E-state index < -0.39 is 0 Å². The molecule has 5 nitrogen and oxygen atoms in total. The highest BCUT2D eigenvalue weighted by atomic mass is 35.5. The zero-order valence-corrected chi connectivity index (χ0v) is 17.3. The molecule has 2 N–H and O–H groups in total. The molecule has 1 aliphatic rings. The number of nitrogens with zero attached hydrogens (tertiary/aromatic N) is 1. The number of benzene rings is 2. The first-order valence-electron chi connectivity index (χ1n) is 10.2. The molecule has 6 heteroatoms. The summed E-state index contributed by atoms with van der Waals surface area (Å²) in [4.78, 5) is 26.8. The highest BCUT2D eigenvalue weighted by Crippen LogP contribution is 2.24. The van der Waals surface area contributed by atoms with Crippen LogP contribution in [0.1, 0.15) is 47.6 Å². The van der Waals surface area contributed by atoms with Gasteiger partial charge in [-0.3, -0.25) is 14.5 Å². The maximum absolute atomic E-state index is 12.3. The molecule has 2 amide bonds. The predicted octanol–water partition coefficient (Wildman–Crippen LogP) is 3.80. The van der Waals surface area contributed by atoms with E-state index in [4.69, 9.17) is 11.6 Å². The van der Waals surface area contributed by atoms with Crippen molar-refractivity contribution in [3.8, 4) is 0 Å². The van der Waals surface area contributed by atoms with Gasteiger partial charge in [0.25, 0.3) is 5.91 Å². The summed E-state index contributed by atoms with van der Waals surface area (Å²) >= 11 is 5.83. The van der Waals surface area contributed by atoms with Gasteiger partial charge in [0.2, 0.25) is 5.91 Å². The molecule has 0 spiro atoms. The fourth-order valence-electron chi connectivity index (χ4n) is 3.64. The fraction of sp³-hybridized carbons (Fsp3) is 0.391. The molecule has 1 fully saturated rings. The van der Waals surface area contributed by atoms with Gasteiger partial charge in [0.1, 0.15) is 0 Å². The third kappa shape index (κ3) is 6.58. The maximum atomic E-state index is 12.3. The summed E-state index contributed by atoms with van der Waals surface area (Å²) in [5.41, 5.74) is 1.81. The van der Waals surface area contributed by atoms with Gasteiger partial charge in [-0.25, -0.2) is 0 Å². The summed E-state index contributed by atoms with van der Waals surface area (Å²) in [6.07, 6.45) is 3.42. The van der Waals surface area contributed by atoms with Gasteiger partial charge in [-0.2, -0.15) is 0 Å². The van der Waals surface area contributed by atoms with Crippen molar-refractivity contribution in [2.75, 3.05) is 26.2 Å². The van der Waals surface area contributed by atoms with E-state index in [-0.39, 0.29) is 17.9 Å². The number of nitrogens with one attached hydrogen (secondary N) is 2. The summed E-state index contributed by atoms with van der Waals surface area (Å²) in [6, 6.07) is 17.3. The second kappa shape index (κ2) is 11.0. The summed E-state index contributed by atoms with van der Waals surface area (Å²) in [5, 5.41) is 6.51.